The summed E-state index contributed by atoms with van der Waals surface area (Å²) in [6.45, 7) is 3.14. The molecule has 0 radical (unpaired) electrons. The van der Waals surface area contributed by atoms with Crippen molar-refractivity contribution in [3.8, 4) is 0 Å². The number of nitrogens with zero attached hydrogens (tertiary/aromatic N) is 1. The lowest BCUT2D eigenvalue weighted by atomic mass is 9.84. The van der Waals surface area contributed by atoms with Crippen molar-refractivity contribution in [2.75, 3.05) is 0 Å². The molecule has 1 amide bonds. The lowest BCUT2D eigenvalue weighted by Gasteiger charge is -2.21. The third-order valence-corrected chi connectivity index (χ3v) is 2.78. The van der Waals surface area contributed by atoms with Crippen molar-refractivity contribution in [3.05, 3.63) is 38.9 Å². The van der Waals surface area contributed by atoms with Gasteiger partial charge in [-0.05, 0) is 25.5 Å². The van der Waals surface area contributed by atoms with Crippen molar-refractivity contribution in [3.63, 3.8) is 0 Å². The van der Waals surface area contributed by atoms with Gasteiger partial charge in [0.1, 0.15) is 0 Å². The Labute approximate surface area is 97.3 Å². The molecule has 5 nitrogen and oxygen atoms in total. The molecule has 0 fully saturated rings. The minimum Gasteiger partial charge on any atom is -0.369 e. The summed E-state index contributed by atoms with van der Waals surface area (Å²) in [6, 6.07) is 3.94. The molecule has 0 bridgehead atoms. The fourth-order valence-electron chi connectivity index (χ4n) is 1.24. The Balaban J connectivity index is 3.38. The van der Waals surface area contributed by atoms with Crippen LogP contribution < -0.4 is 5.73 Å². The second-order valence-corrected chi connectivity index (χ2v) is 4.32. The zero-order valence-electron chi connectivity index (χ0n) is 8.86. The summed E-state index contributed by atoms with van der Waals surface area (Å²) in [7, 11) is 0. The van der Waals surface area contributed by atoms with Crippen LogP contribution in [0, 0.1) is 10.1 Å². The first-order valence-corrected chi connectivity index (χ1v) is 4.89. The normalized spacial score (nSPS) is 11.2. The van der Waals surface area contributed by atoms with Crippen molar-refractivity contribution in [2.45, 2.75) is 19.3 Å². The van der Waals surface area contributed by atoms with E-state index in [4.69, 9.17) is 17.3 Å². The molecule has 6 heteroatoms. The first kappa shape index (κ1) is 12.4. The predicted molar refractivity (Wildman–Crippen MR) is 60.3 cm³/mol. The van der Waals surface area contributed by atoms with Crippen LogP contribution in [0.2, 0.25) is 5.02 Å². The molecular formula is C10H11ClN2O3. The van der Waals surface area contributed by atoms with Crippen molar-refractivity contribution >= 4 is 23.2 Å². The third-order valence-electron chi connectivity index (χ3n) is 2.45. The quantitative estimate of drug-likeness (QED) is 0.650. The summed E-state index contributed by atoms with van der Waals surface area (Å²) in [6.07, 6.45) is 0. The molecule has 2 N–H and O–H groups in total. The van der Waals surface area contributed by atoms with Crippen LogP contribution in [-0.4, -0.2) is 10.8 Å². The van der Waals surface area contributed by atoms with E-state index in [1.54, 1.807) is 13.8 Å². The number of carbonyl (C=O) groups is 1. The highest BCUT2D eigenvalue weighted by atomic mass is 35.5. The molecule has 0 spiro atoms. The maximum absolute atomic E-state index is 11.2. The Bertz CT molecular complexity index is 457. The van der Waals surface area contributed by atoms with E-state index in [1.165, 1.54) is 18.2 Å². The number of nitro groups is 1. The van der Waals surface area contributed by atoms with Gasteiger partial charge in [-0.2, -0.15) is 0 Å². The van der Waals surface area contributed by atoms with Gasteiger partial charge in [0.25, 0.3) is 5.69 Å². The standard InChI is InChI=1S/C10H11ClN2O3/c1-10(2,9(12)14)7-5-6(13(15)16)3-4-8(7)11/h3-5H,1-2H3,(H2,12,14). The van der Waals surface area contributed by atoms with Crippen LogP contribution in [0.1, 0.15) is 19.4 Å². The Morgan fingerprint density at radius 2 is 2.06 bits per heavy atom. The van der Waals surface area contributed by atoms with E-state index in [9.17, 15) is 14.9 Å². The number of nitro benzene ring substituents is 1. The molecule has 1 rings (SSSR count). The van der Waals surface area contributed by atoms with Gasteiger partial charge in [-0.1, -0.05) is 11.6 Å². The molecule has 0 saturated carbocycles. The number of primary amides is 1. The molecule has 1 aromatic carbocycles. The third kappa shape index (κ3) is 2.14. The number of nitrogens with two attached hydrogens (primary N) is 1. The number of non-ortho nitro benzene ring substituents is 1. The van der Waals surface area contributed by atoms with E-state index < -0.39 is 16.2 Å². The monoisotopic (exact) mass is 242 g/mol. The number of halogens is 1. The number of amides is 1. The van der Waals surface area contributed by atoms with Crippen molar-refractivity contribution < 1.29 is 9.72 Å². The molecule has 0 aliphatic carbocycles. The van der Waals surface area contributed by atoms with Crippen LogP contribution in [0.4, 0.5) is 5.69 Å². The molecule has 0 heterocycles. The molecule has 16 heavy (non-hydrogen) atoms. The number of benzene rings is 1. The molecular weight excluding hydrogens is 232 g/mol. The maximum atomic E-state index is 11.2. The molecule has 0 aromatic heterocycles. The summed E-state index contributed by atoms with van der Waals surface area (Å²) < 4.78 is 0. The van der Waals surface area contributed by atoms with E-state index >= 15 is 0 Å². The number of hydrogen-bond acceptors (Lipinski definition) is 3. The van der Waals surface area contributed by atoms with Crippen LogP contribution in [0.15, 0.2) is 18.2 Å². The number of carbonyl (C=O) groups excluding carboxylic acids is 1. The van der Waals surface area contributed by atoms with Crippen LogP contribution in [0.25, 0.3) is 0 Å². The van der Waals surface area contributed by atoms with E-state index in [1.807, 2.05) is 0 Å². The summed E-state index contributed by atoms with van der Waals surface area (Å²) in [5.74, 6) is -0.588. The Morgan fingerprint density at radius 1 is 1.50 bits per heavy atom. The van der Waals surface area contributed by atoms with Gasteiger partial charge in [0.05, 0.1) is 10.3 Å². The van der Waals surface area contributed by atoms with Gasteiger partial charge in [-0.3, -0.25) is 14.9 Å². The predicted octanol–water partition coefficient (Wildman–Crippen LogP) is 2.01. The lowest BCUT2D eigenvalue weighted by molar-refractivity contribution is -0.384. The second-order valence-electron chi connectivity index (χ2n) is 3.91. The minimum absolute atomic E-state index is 0.117. The van der Waals surface area contributed by atoms with Gasteiger partial charge in [0, 0.05) is 17.2 Å². The van der Waals surface area contributed by atoms with Crippen LogP contribution >= 0.6 is 11.6 Å². The zero-order chi connectivity index (χ0) is 12.5. The van der Waals surface area contributed by atoms with E-state index in [2.05, 4.69) is 0 Å². The first-order chi connectivity index (χ1) is 7.26. The highest BCUT2D eigenvalue weighted by Gasteiger charge is 2.31. The fraction of sp³-hybridized carbons (Fsp3) is 0.300. The Kier molecular flexibility index (Phi) is 3.19. The lowest BCUT2D eigenvalue weighted by Crippen LogP contribution is -2.35. The summed E-state index contributed by atoms with van der Waals surface area (Å²) >= 11 is 5.90. The van der Waals surface area contributed by atoms with E-state index in [0.717, 1.165) is 0 Å². The van der Waals surface area contributed by atoms with Gasteiger partial charge < -0.3 is 5.73 Å². The largest absolute Gasteiger partial charge is 0.369 e. The molecule has 0 atom stereocenters. The number of rotatable bonds is 3. The smallest absolute Gasteiger partial charge is 0.269 e. The molecule has 0 unspecified atom stereocenters. The Hall–Kier alpha value is -1.62. The summed E-state index contributed by atoms with van der Waals surface area (Å²) in [5, 5.41) is 10.9. The summed E-state index contributed by atoms with van der Waals surface area (Å²) in [4.78, 5) is 21.3. The zero-order valence-corrected chi connectivity index (χ0v) is 9.62. The second kappa shape index (κ2) is 4.09. The molecule has 1 aromatic rings. The average molecular weight is 243 g/mol. The van der Waals surface area contributed by atoms with Crippen molar-refractivity contribution in [1.29, 1.82) is 0 Å². The van der Waals surface area contributed by atoms with Gasteiger partial charge in [0.15, 0.2) is 0 Å². The van der Waals surface area contributed by atoms with Crippen molar-refractivity contribution in [2.24, 2.45) is 5.73 Å². The van der Waals surface area contributed by atoms with E-state index in [-0.39, 0.29) is 10.7 Å². The average Bonchev–Trinajstić information content (AvgIpc) is 2.17. The van der Waals surface area contributed by atoms with Gasteiger partial charge in [0.2, 0.25) is 5.91 Å². The molecule has 0 aliphatic heterocycles. The highest BCUT2D eigenvalue weighted by molar-refractivity contribution is 6.31. The topological polar surface area (TPSA) is 86.2 Å². The number of hydrogen-bond donors (Lipinski definition) is 1. The van der Waals surface area contributed by atoms with E-state index in [0.29, 0.717) is 5.56 Å². The van der Waals surface area contributed by atoms with Crippen LogP contribution in [0.5, 0.6) is 0 Å². The van der Waals surface area contributed by atoms with Crippen LogP contribution in [0.3, 0.4) is 0 Å². The SMILES string of the molecule is CC(C)(C(N)=O)c1cc([N+](=O)[O-])ccc1Cl. The van der Waals surface area contributed by atoms with Gasteiger partial charge >= 0.3 is 0 Å². The summed E-state index contributed by atoms with van der Waals surface area (Å²) in [5.41, 5.74) is 4.43. The minimum atomic E-state index is -1.04. The fourth-order valence-corrected chi connectivity index (χ4v) is 1.59. The highest BCUT2D eigenvalue weighted by Crippen LogP contribution is 2.32. The van der Waals surface area contributed by atoms with Crippen molar-refractivity contribution in [1.82, 2.24) is 0 Å². The van der Waals surface area contributed by atoms with Gasteiger partial charge in [-0.25, -0.2) is 0 Å². The molecule has 86 valence electrons. The maximum Gasteiger partial charge on any atom is 0.269 e. The Morgan fingerprint density at radius 3 is 2.50 bits per heavy atom. The molecule has 0 aliphatic rings. The van der Waals surface area contributed by atoms with Gasteiger partial charge in [-0.15, -0.1) is 0 Å². The first-order valence-electron chi connectivity index (χ1n) is 4.51. The molecule has 0 saturated heterocycles. The van der Waals surface area contributed by atoms with Crippen LogP contribution in [-0.2, 0) is 10.2 Å².